The van der Waals surface area contributed by atoms with Crippen molar-refractivity contribution in [2.75, 3.05) is 5.32 Å². The predicted octanol–water partition coefficient (Wildman–Crippen LogP) is 4.43. The minimum atomic E-state index is -0.524. The van der Waals surface area contributed by atoms with E-state index in [0.717, 1.165) is 31.2 Å². The molecule has 1 aliphatic carbocycles. The Bertz CT molecular complexity index is 812. The Morgan fingerprint density at radius 2 is 1.83 bits per heavy atom. The molecule has 4 rings (SSSR count). The van der Waals surface area contributed by atoms with Crippen LogP contribution in [0.5, 0.6) is 11.5 Å². The van der Waals surface area contributed by atoms with Gasteiger partial charge in [0.1, 0.15) is 5.82 Å². The summed E-state index contributed by atoms with van der Waals surface area (Å²) in [6.45, 7) is 1.78. The monoisotopic (exact) mass is 327 g/mol. The van der Waals surface area contributed by atoms with Gasteiger partial charge in [0, 0.05) is 30.2 Å². The maximum atomic E-state index is 13.4. The summed E-state index contributed by atoms with van der Waals surface area (Å²) in [6, 6.07) is 9.50. The first-order valence-corrected chi connectivity index (χ1v) is 8.14. The van der Waals surface area contributed by atoms with Gasteiger partial charge in [-0.3, -0.25) is 4.79 Å². The minimum absolute atomic E-state index is 0.319. The molecule has 1 amide bonds. The Hall–Kier alpha value is -2.56. The Balaban J connectivity index is 1.54. The molecule has 2 aromatic rings. The molecule has 1 aliphatic heterocycles. The van der Waals surface area contributed by atoms with E-state index < -0.39 is 11.6 Å². The zero-order valence-corrected chi connectivity index (χ0v) is 13.4. The lowest BCUT2D eigenvalue weighted by Crippen LogP contribution is -2.34. The summed E-state index contributed by atoms with van der Waals surface area (Å²) in [6.07, 6.45) is 3.95. The number of amides is 1. The third-order valence-electron chi connectivity index (χ3n) is 4.60. The van der Waals surface area contributed by atoms with Gasteiger partial charge in [0.25, 0.3) is 11.7 Å². The van der Waals surface area contributed by atoms with Crippen LogP contribution >= 0.6 is 0 Å². The normalized spacial score (nSPS) is 17.2. The first kappa shape index (κ1) is 15.0. The fraction of sp³-hybridized carbons (Fsp3) is 0.316. The fourth-order valence-electron chi connectivity index (χ4n) is 3.33. The van der Waals surface area contributed by atoms with Crippen LogP contribution in [-0.4, -0.2) is 11.7 Å². The quantitative estimate of drug-likeness (QED) is 0.888. The number of anilines is 1. The minimum Gasteiger partial charge on any atom is -0.448 e. The molecule has 0 atom stereocenters. The van der Waals surface area contributed by atoms with Gasteiger partial charge in [0.05, 0.1) is 0 Å². The SMILES string of the molecule is Cc1ccc(F)cc1C(=O)Nc1ccc2c(c1)OC1(CCCC1)O2. The van der Waals surface area contributed by atoms with Crippen molar-refractivity contribution in [3.63, 3.8) is 0 Å². The van der Waals surface area contributed by atoms with Crippen molar-refractivity contribution >= 4 is 11.6 Å². The third kappa shape index (κ3) is 2.60. The van der Waals surface area contributed by atoms with Crippen molar-refractivity contribution in [3.8, 4) is 11.5 Å². The lowest BCUT2D eigenvalue weighted by Gasteiger charge is -2.21. The molecule has 0 aromatic heterocycles. The van der Waals surface area contributed by atoms with Crippen LogP contribution in [0.1, 0.15) is 41.6 Å². The molecule has 1 N–H and O–H groups in total. The Morgan fingerprint density at radius 1 is 1.08 bits per heavy atom. The molecule has 1 fully saturated rings. The van der Waals surface area contributed by atoms with Gasteiger partial charge in [-0.15, -0.1) is 0 Å². The fourth-order valence-corrected chi connectivity index (χ4v) is 3.33. The molecule has 1 saturated carbocycles. The lowest BCUT2D eigenvalue weighted by atomic mass is 10.1. The summed E-state index contributed by atoms with van der Waals surface area (Å²) < 4.78 is 25.3. The van der Waals surface area contributed by atoms with E-state index >= 15 is 0 Å². The van der Waals surface area contributed by atoms with Crippen LogP contribution in [0.2, 0.25) is 0 Å². The van der Waals surface area contributed by atoms with Crippen molar-refractivity contribution in [2.45, 2.75) is 38.4 Å². The number of ether oxygens (including phenoxy) is 2. The van der Waals surface area contributed by atoms with Crippen molar-refractivity contribution in [1.82, 2.24) is 0 Å². The highest BCUT2D eigenvalue weighted by Crippen LogP contribution is 2.47. The highest BCUT2D eigenvalue weighted by Gasteiger charge is 2.44. The number of hydrogen-bond acceptors (Lipinski definition) is 3. The van der Waals surface area contributed by atoms with Gasteiger partial charge < -0.3 is 14.8 Å². The van der Waals surface area contributed by atoms with Gasteiger partial charge in [-0.25, -0.2) is 4.39 Å². The van der Waals surface area contributed by atoms with Gasteiger partial charge in [0.2, 0.25) is 0 Å². The van der Waals surface area contributed by atoms with E-state index in [9.17, 15) is 9.18 Å². The highest BCUT2D eigenvalue weighted by atomic mass is 19.1. The highest BCUT2D eigenvalue weighted by molar-refractivity contribution is 6.05. The molecule has 24 heavy (non-hydrogen) atoms. The standard InChI is InChI=1S/C19H18FNO3/c1-12-4-5-13(20)10-15(12)18(22)21-14-6-7-16-17(11-14)24-19(23-16)8-2-3-9-19/h4-7,10-11H,2-3,8-9H2,1H3,(H,21,22). The maximum Gasteiger partial charge on any atom is 0.256 e. The Labute approximate surface area is 139 Å². The van der Waals surface area contributed by atoms with Crippen LogP contribution in [-0.2, 0) is 0 Å². The first-order chi connectivity index (χ1) is 11.5. The summed E-state index contributed by atoms with van der Waals surface area (Å²) >= 11 is 0. The van der Waals surface area contributed by atoms with E-state index in [4.69, 9.17) is 9.47 Å². The number of carbonyl (C=O) groups is 1. The van der Waals surface area contributed by atoms with Crippen molar-refractivity contribution < 1.29 is 18.7 Å². The van der Waals surface area contributed by atoms with Gasteiger partial charge in [0.15, 0.2) is 11.5 Å². The number of benzene rings is 2. The van der Waals surface area contributed by atoms with Crippen LogP contribution in [0.4, 0.5) is 10.1 Å². The van der Waals surface area contributed by atoms with E-state index in [0.29, 0.717) is 22.7 Å². The number of rotatable bonds is 2. The zero-order chi connectivity index (χ0) is 16.7. The summed E-state index contributed by atoms with van der Waals surface area (Å²) in [5.41, 5.74) is 1.64. The maximum absolute atomic E-state index is 13.4. The van der Waals surface area contributed by atoms with Gasteiger partial charge in [-0.05, 0) is 49.6 Å². The van der Waals surface area contributed by atoms with E-state index in [1.165, 1.54) is 12.1 Å². The topological polar surface area (TPSA) is 47.6 Å². The van der Waals surface area contributed by atoms with Crippen LogP contribution in [0.25, 0.3) is 0 Å². The first-order valence-electron chi connectivity index (χ1n) is 8.14. The molecule has 2 aliphatic rings. The van der Waals surface area contributed by atoms with Crippen LogP contribution in [0.3, 0.4) is 0 Å². The van der Waals surface area contributed by atoms with Crippen molar-refractivity contribution in [2.24, 2.45) is 0 Å². The molecule has 124 valence electrons. The number of hydrogen-bond donors (Lipinski definition) is 1. The summed E-state index contributed by atoms with van der Waals surface area (Å²) in [5, 5.41) is 2.79. The van der Waals surface area contributed by atoms with Crippen LogP contribution in [0.15, 0.2) is 36.4 Å². The van der Waals surface area contributed by atoms with Gasteiger partial charge in [-0.2, -0.15) is 0 Å². The summed E-state index contributed by atoms with van der Waals surface area (Å²) in [4.78, 5) is 12.4. The largest absolute Gasteiger partial charge is 0.448 e. The van der Waals surface area contributed by atoms with E-state index in [1.54, 1.807) is 31.2 Å². The van der Waals surface area contributed by atoms with Gasteiger partial charge >= 0.3 is 0 Å². The van der Waals surface area contributed by atoms with Gasteiger partial charge in [-0.1, -0.05) is 6.07 Å². The van der Waals surface area contributed by atoms with E-state index in [1.807, 2.05) is 0 Å². The summed E-state index contributed by atoms with van der Waals surface area (Å²) in [5.74, 6) is 0.0490. The molecule has 4 nitrogen and oxygen atoms in total. The average Bonchev–Trinajstić information content (AvgIpc) is 3.15. The molecular formula is C19H18FNO3. The van der Waals surface area contributed by atoms with E-state index in [2.05, 4.69) is 5.32 Å². The molecule has 0 unspecified atom stereocenters. The number of halogens is 1. The van der Waals surface area contributed by atoms with Crippen molar-refractivity contribution in [3.05, 3.63) is 53.3 Å². The molecular weight excluding hydrogens is 309 g/mol. The zero-order valence-electron chi connectivity index (χ0n) is 13.4. The molecule has 1 spiro atoms. The van der Waals surface area contributed by atoms with E-state index in [-0.39, 0.29) is 5.91 Å². The average molecular weight is 327 g/mol. The number of aryl methyl sites for hydroxylation is 1. The van der Waals surface area contributed by atoms with Crippen LogP contribution in [0, 0.1) is 12.7 Å². The molecule has 1 heterocycles. The lowest BCUT2D eigenvalue weighted by molar-refractivity contribution is -0.0716. The Kier molecular flexibility index (Phi) is 3.44. The van der Waals surface area contributed by atoms with Crippen LogP contribution < -0.4 is 14.8 Å². The molecule has 0 saturated heterocycles. The second-order valence-electron chi connectivity index (χ2n) is 6.40. The molecule has 5 heteroatoms. The molecule has 0 radical (unpaired) electrons. The number of nitrogens with one attached hydrogen (secondary N) is 1. The third-order valence-corrected chi connectivity index (χ3v) is 4.60. The second-order valence-corrected chi connectivity index (χ2v) is 6.40. The van der Waals surface area contributed by atoms with Crippen molar-refractivity contribution in [1.29, 1.82) is 0 Å². The second kappa shape index (κ2) is 5.51. The smallest absolute Gasteiger partial charge is 0.256 e. The molecule has 0 bridgehead atoms. The molecule has 2 aromatic carbocycles. The number of fused-ring (bicyclic) bond motifs is 1. The predicted molar refractivity (Wildman–Crippen MR) is 88.0 cm³/mol. The number of carbonyl (C=O) groups excluding carboxylic acids is 1. The Morgan fingerprint density at radius 3 is 2.62 bits per heavy atom. The summed E-state index contributed by atoms with van der Waals surface area (Å²) in [7, 11) is 0.